The number of rotatable bonds is 6. The molecule has 3 nitrogen and oxygen atoms in total. The Labute approximate surface area is 123 Å². The van der Waals surface area contributed by atoms with Crippen LogP contribution in [0.1, 0.15) is 47.5 Å². The van der Waals surface area contributed by atoms with Gasteiger partial charge in [0.05, 0.1) is 0 Å². The molecule has 0 aromatic carbocycles. The average Bonchev–Trinajstić information content (AvgIpc) is 2.38. The summed E-state index contributed by atoms with van der Waals surface area (Å²) in [7, 11) is 0. The summed E-state index contributed by atoms with van der Waals surface area (Å²) in [5.74, 6) is 1.20. The molecule has 0 spiro atoms. The summed E-state index contributed by atoms with van der Waals surface area (Å²) >= 11 is 1.88. The molecule has 0 amide bonds. The Kier molecular flexibility index (Phi) is 7.22. The summed E-state index contributed by atoms with van der Waals surface area (Å²) in [6.45, 7) is 15.8. The van der Waals surface area contributed by atoms with Gasteiger partial charge in [0, 0.05) is 18.3 Å². The third kappa shape index (κ3) is 6.17. The molecule has 0 aromatic heterocycles. The molecule has 1 aliphatic heterocycles. The molecule has 1 aliphatic rings. The summed E-state index contributed by atoms with van der Waals surface area (Å²) in [6.07, 6.45) is 2.40. The van der Waals surface area contributed by atoms with Crippen LogP contribution >= 0.6 is 11.8 Å². The zero-order valence-electron chi connectivity index (χ0n) is 13.3. The Morgan fingerprint density at radius 1 is 1.32 bits per heavy atom. The van der Waals surface area contributed by atoms with Crippen molar-refractivity contribution in [2.24, 2.45) is 10.4 Å². The van der Waals surface area contributed by atoms with Gasteiger partial charge < -0.3 is 10.2 Å². The van der Waals surface area contributed by atoms with Crippen LogP contribution in [0.5, 0.6) is 0 Å². The van der Waals surface area contributed by atoms with Crippen molar-refractivity contribution in [2.45, 2.75) is 53.5 Å². The molecular formula is C15H31N3S. The molecule has 112 valence electrons. The third-order valence-corrected chi connectivity index (χ3v) is 4.73. The van der Waals surface area contributed by atoms with Crippen molar-refractivity contribution in [3.8, 4) is 0 Å². The number of thioether (sulfide) groups is 1. The minimum absolute atomic E-state index is 0.322. The maximum atomic E-state index is 4.73. The van der Waals surface area contributed by atoms with Gasteiger partial charge in [0.2, 0.25) is 0 Å². The maximum Gasteiger partial charge on any atom is 0.156 e. The van der Waals surface area contributed by atoms with Crippen LogP contribution in [0.4, 0.5) is 0 Å². The normalized spacial score (nSPS) is 22.8. The molecule has 1 rings (SSSR count). The summed E-state index contributed by atoms with van der Waals surface area (Å²) in [5.41, 5.74) is 0.322. The van der Waals surface area contributed by atoms with Gasteiger partial charge >= 0.3 is 0 Å². The van der Waals surface area contributed by atoms with Gasteiger partial charge in [0.15, 0.2) is 5.17 Å². The second-order valence-corrected chi connectivity index (χ2v) is 7.35. The molecule has 1 unspecified atom stereocenters. The van der Waals surface area contributed by atoms with Crippen LogP contribution in [-0.2, 0) is 0 Å². The standard InChI is InChI=1S/C15H31N3S/c1-6-18(7-2)11-8-10-16-14-17-13(9-12-19-14)15(3,4)5/h13H,6-12H2,1-5H3,(H,16,17). The molecule has 0 saturated carbocycles. The van der Waals surface area contributed by atoms with Crippen molar-refractivity contribution in [3.63, 3.8) is 0 Å². The molecule has 1 fully saturated rings. The van der Waals surface area contributed by atoms with E-state index in [1.54, 1.807) is 0 Å². The largest absolute Gasteiger partial charge is 0.362 e. The van der Waals surface area contributed by atoms with E-state index in [4.69, 9.17) is 4.99 Å². The Morgan fingerprint density at radius 3 is 2.58 bits per heavy atom. The molecule has 1 saturated heterocycles. The molecule has 4 heteroatoms. The molecule has 0 bridgehead atoms. The third-order valence-electron chi connectivity index (χ3n) is 3.77. The lowest BCUT2D eigenvalue weighted by Crippen LogP contribution is -2.46. The molecular weight excluding hydrogens is 254 g/mol. The lowest BCUT2D eigenvalue weighted by atomic mass is 9.85. The van der Waals surface area contributed by atoms with Crippen LogP contribution in [0.2, 0.25) is 0 Å². The minimum Gasteiger partial charge on any atom is -0.362 e. The van der Waals surface area contributed by atoms with E-state index in [2.05, 4.69) is 44.8 Å². The van der Waals surface area contributed by atoms with Crippen LogP contribution in [0, 0.1) is 5.41 Å². The van der Waals surface area contributed by atoms with E-state index in [-0.39, 0.29) is 0 Å². The predicted molar refractivity (Wildman–Crippen MR) is 88.2 cm³/mol. The highest BCUT2D eigenvalue weighted by Gasteiger charge is 2.28. The van der Waals surface area contributed by atoms with Gasteiger partial charge in [0.25, 0.3) is 0 Å². The number of amidine groups is 1. The zero-order chi connectivity index (χ0) is 14.3. The quantitative estimate of drug-likeness (QED) is 0.759. The SMILES string of the molecule is CCN(CC)CCCN=C1NC(C(C)(C)C)CCS1. The topological polar surface area (TPSA) is 27.6 Å². The Morgan fingerprint density at radius 2 is 2.00 bits per heavy atom. The van der Waals surface area contributed by atoms with Crippen molar-refractivity contribution in [1.29, 1.82) is 0 Å². The Hall–Kier alpha value is -0.220. The number of nitrogens with zero attached hydrogens (tertiary/aromatic N) is 2. The van der Waals surface area contributed by atoms with Gasteiger partial charge in [-0.05, 0) is 37.9 Å². The predicted octanol–water partition coefficient (Wildman–Crippen LogP) is 3.22. The first kappa shape index (κ1) is 16.8. The van der Waals surface area contributed by atoms with Gasteiger partial charge in [-0.15, -0.1) is 0 Å². The second-order valence-electron chi connectivity index (χ2n) is 6.27. The monoisotopic (exact) mass is 285 g/mol. The summed E-state index contributed by atoms with van der Waals surface area (Å²) < 4.78 is 0. The molecule has 0 aromatic rings. The van der Waals surface area contributed by atoms with Crippen LogP contribution in [0.15, 0.2) is 4.99 Å². The van der Waals surface area contributed by atoms with E-state index in [1.165, 1.54) is 12.2 Å². The second kappa shape index (κ2) is 8.15. The number of hydrogen-bond acceptors (Lipinski definition) is 3. The first-order valence-electron chi connectivity index (χ1n) is 7.63. The lowest BCUT2D eigenvalue weighted by Gasteiger charge is -2.35. The van der Waals surface area contributed by atoms with Crippen molar-refractivity contribution >= 4 is 16.9 Å². The van der Waals surface area contributed by atoms with Gasteiger partial charge in [-0.25, -0.2) is 0 Å². The van der Waals surface area contributed by atoms with Crippen LogP contribution < -0.4 is 5.32 Å². The molecule has 1 heterocycles. The van der Waals surface area contributed by atoms with Crippen molar-refractivity contribution in [3.05, 3.63) is 0 Å². The lowest BCUT2D eigenvalue weighted by molar-refractivity contribution is 0.289. The molecule has 1 N–H and O–H groups in total. The highest BCUT2D eigenvalue weighted by Crippen LogP contribution is 2.27. The number of hydrogen-bond donors (Lipinski definition) is 1. The Bertz CT molecular complexity index is 280. The van der Waals surface area contributed by atoms with Crippen LogP contribution in [0.25, 0.3) is 0 Å². The molecule has 19 heavy (non-hydrogen) atoms. The molecule has 0 radical (unpaired) electrons. The van der Waals surface area contributed by atoms with Crippen LogP contribution in [0.3, 0.4) is 0 Å². The fraction of sp³-hybridized carbons (Fsp3) is 0.933. The van der Waals surface area contributed by atoms with E-state index in [0.29, 0.717) is 11.5 Å². The number of nitrogens with one attached hydrogen (secondary N) is 1. The van der Waals surface area contributed by atoms with Crippen LogP contribution in [-0.4, -0.2) is 48.0 Å². The molecule has 0 aliphatic carbocycles. The highest BCUT2D eigenvalue weighted by atomic mass is 32.2. The van der Waals surface area contributed by atoms with E-state index in [0.717, 1.165) is 37.8 Å². The zero-order valence-corrected chi connectivity index (χ0v) is 14.1. The van der Waals surface area contributed by atoms with Crippen molar-refractivity contribution < 1.29 is 0 Å². The van der Waals surface area contributed by atoms with Gasteiger partial charge in [-0.3, -0.25) is 4.99 Å². The molecule has 1 atom stereocenters. The van der Waals surface area contributed by atoms with Gasteiger partial charge in [-0.1, -0.05) is 46.4 Å². The Balaban J connectivity index is 2.33. The van der Waals surface area contributed by atoms with Crippen molar-refractivity contribution in [2.75, 3.05) is 31.9 Å². The smallest absolute Gasteiger partial charge is 0.156 e. The van der Waals surface area contributed by atoms with Gasteiger partial charge in [0.1, 0.15) is 0 Å². The fourth-order valence-corrected chi connectivity index (χ4v) is 3.25. The first-order valence-corrected chi connectivity index (χ1v) is 8.62. The maximum absolute atomic E-state index is 4.73. The summed E-state index contributed by atoms with van der Waals surface area (Å²) in [6, 6.07) is 0.565. The van der Waals surface area contributed by atoms with E-state index < -0.39 is 0 Å². The minimum atomic E-state index is 0.322. The van der Waals surface area contributed by atoms with Crippen molar-refractivity contribution in [1.82, 2.24) is 10.2 Å². The highest BCUT2D eigenvalue weighted by molar-refractivity contribution is 8.13. The van der Waals surface area contributed by atoms with E-state index >= 15 is 0 Å². The first-order chi connectivity index (χ1) is 8.97. The summed E-state index contributed by atoms with van der Waals surface area (Å²) in [5, 5.41) is 4.77. The fourth-order valence-electron chi connectivity index (χ4n) is 2.29. The number of aliphatic imine (C=N–C) groups is 1. The van der Waals surface area contributed by atoms with Gasteiger partial charge in [-0.2, -0.15) is 0 Å². The van der Waals surface area contributed by atoms with E-state index in [1.807, 2.05) is 11.8 Å². The average molecular weight is 286 g/mol. The summed E-state index contributed by atoms with van der Waals surface area (Å²) in [4.78, 5) is 7.19. The van der Waals surface area contributed by atoms with E-state index in [9.17, 15) is 0 Å².